The quantitative estimate of drug-likeness (QED) is 0.487. The molecule has 0 atom stereocenters. The molecule has 5 rings (SSSR count). The van der Waals surface area contributed by atoms with E-state index in [0.29, 0.717) is 30.4 Å². The molecule has 0 bridgehead atoms. The predicted octanol–water partition coefficient (Wildman–Crippen LogP) is 4.36. The van der Waals surface area contributed by atoms with E-state index in [2.05, 4.69) is 25.5 Å². The van der Waals surface area contributed by atoms with Crippen LogP contribution >= 0.6 is 0 Å². The number of aromatic nitrogens is 2. The van der Waals surface area contributed by atoms with Crippen molar-refractivity contribution in [3.63, 3.8) is 0 Å². The second-order valence-electron chi connectivity index (χ2n) is 7.60. The van der Waals surface area contributed by atoms with Gasteiger partial charge in [-0.2, -0.15) is 4.98 Å². The Labute approximate surface area is 185 Å². The molecule has 1 amide bonds. The molecule has 0 aliphatic carbocycles. The number of ether oxygens (including phenoxy) is 1. The Morgan fingerprint density at radius 2 is 1.72 bits per heavy atom. The Morgan fingerprint density at radius 3 is 2.50 bits per heavy atom. The summed E-state index contributed by atoms with van der Waals surface area (Å²) in [4.78, 5) is 23.9. The molecule has 0 saturated carbocycles. The molecule has 1 aliphatic rings. The topological polar surface area (TPSA) is 92.5 Å². The number of nitrogens with one attached hydrogen (secondary N) is 2. The van der Waals surface area contributed by atoms with Gasteiger partial charge in [-0.15, -0.1) is 0 Å². The molecular formula is C24H23N5O3. The van der Waals surface area contributed by atoms with E-state index in [0.717, 1.165) is 35.7 Å². The fraction of sp³-hybridized carbons (Fsp3) is 0.208. The van der Waals surface area contributed by atoms with Gasteiger partial charge in [-0.1, -0.05) is 18.2 Å². The fourth-order valence-electron chi connectivity index (χ4n) is 3.59. The van der Waals surface area contributed by atoms with Crippen LogP contribution in [-0.2, 0) is 4.74 Å². The second kappa shape index (κ2) is 8.68. The molecule has 4 aromatic rings. The van der Waals surface area contributed by atoms with E-state index >= 15 is 0 Å². The van der Waals surface area contributed by atoms with Gasteiger partial charge in [0.15, 0.2) is 5.76 Å². The number of amides is 1. The lowest BCUT2D eigenvalue weighted by Gasteiger charge is -2.27. The van der Waals surface area contributed by atoms with Crippen LogP contribution in [0, 0.1) is 6.92 Å². The minimum atomic E-state index is -0.288. The molecule has 1 fully saturated rings. The number of morpholine rings is 1. The number of fused-ring (bicyclic) bond motifs is 1. The van der Waals surface area contributed by atoms with Crippen LogP contribution in [0.3, 0.4) is 0 Å². The van der Waals surface area contributed by atoms with Gasteiger partial charge in [-0.25, -0.2) is 4.98 Å². The number of benzene rings is 2. The predicted molar refractivity (Wildman–Crippen MR) is 124 cm³/mol. The lowest BCUT2D eigenvalue weighted by Crippen LogP contribution is -2.37. The van der Waals surface area contributed by atoms with Crippen molar-refractivity contribution < 1.29 is 13.9 Å². The number of carbonyl (C=O) groups is 1. The van der Waals surface area contributed by atoms with Gasteiger partial charge >= 0.3 is 0 Å². The molecule has 3 heterocycles. The summed E-state index contributed by atoms with van der Waals surface area (Å²) in [6, 6.07) is 18.6. The van der Waals surface area contributed by atoms with Gasteiger partial charge < -0.3 is 24.7 Å². The highest BCUT2D eigenvalue weighted by Crippen LogP contribution is 2.23. The van der Waals surface area contributed by atoms with Gasteiger partial charge in [0.2, 0.25) is 5.95 Å². The molecule has 8 nitrogen and oxygen atoms in total. The lowest BCUT2D eigenvalue weighted by atomic mass is 10.2. The first-order chi connectivity index (χ1) is 15.6. The summed E-state index contributed by atoms with van der Waals surface area (Å²) in [5.74, 6) is 1.41. The van der Waals surface area contributed by atoms with E-state index in [9.17, 15) is 4.79 Å². The molecule has 2 N–H and O–H groups in total. The summed E-state index contributed by atoms with van der Waals surface area (Å²) < 4.78 is 11.0. The van der Waals surface area contributed by atoms with Gasteiger partial charge in [-0.05, 0) is 43.3 Å². The third-order valence-corrected chi connectivity index (χ3v) is 5.20. The number of furan rings is 1. The number of carbonyl (C=O) groups excluding carboxylic acids is 1. The highest BCUT2D eigenvalue weighted by Gasteiger charge is 2.15. The SMILES string of the molecule is Cc1cc(Nc2ccc(NC(=O)c3cc4ccccc4o3)cc2)nc(N2CCOCC2)n1. The first kappa shape index (κ1) is 20.0. The van der Waals surface area contributed by atoms with Gasteiger partial charge in [-0.3, -0.25) is 4.79 Å². The minimum absolute atomic E-state index is 0.278. The van der Waals surface area contributed by atoms with Crippen molar-refractivity contribution in [3.05, 3.63) is 72.1 Å². The average Bonchev–Trinajstić information content (AvgIpc) is 3.25. The molecule has 0 radical (unpaired) electrons. The summed E-state index contributed by atoms with van der Waals surface area (Å²) in [6.45, 7) is 4.88. The van der Waals surface area contributed by atoms with Crippen molar-refractivity contribution in [1.82, 2.24) is 9.97 Å². The zero-order valence-corrected chi connectivity index (χ0v) is 17.7. The zero-order valence-electron chi connectivity index (χ0n) is 17.7. The van der Waals surface area contributed by atoms with Crippen LogP contribution in [-0.4, -0.2) is 42.2 Å². The molecule has 1 saturated heterocycles. The van der Waals surface area contributed by atoms with Crippen LogP contribution in [0.15, 0.2) is 65.1 Å². The van der Waals surface area contributed by atoms with Crippen LogP contribution in [0.4, 0.5) is 23.1 Å². The summed E-state index contributed by atoms with van der Waals surface area (Å²) in [5, 5.41) is 7.08. The number of aryl methyl sites for hydroxylation is 1. The number of hydrogen-bond acceptors (Lipinski definition) is 7. The molecule has 8 heteroatoms. The maximum atomic E-state index is 12.5. The Morgan fingerprint density at radius 1 is 0.969 bits per heavy atom. The van der Waals surface area contributed by atoms with Crippen LogP contribution in [0.25, 0.3) is 11.0 Å². The standard InChI is InChI=1S/C24H23N5O3/c1-16-14-22(28-24(25-16)29-10-12-31-13-11-29)26-18-6-8-19(9-7-18)27-23(30)21-15-17-4-2-3-5-20(17)32-21/h2-9,14-15H,10-13H2,1H3,(H,27,30)(H,25,26,28). The van der Waals surface area contributed by atoms with Crippen molar-refractivity contribution in [3.8, 4) is 0 Å². The van der Waals surface area contributed by atoms with Crippen molar-refractivity contribution in [2.45, 2.75) is 6.92 Å². The Balaban J connectivity index is 1.26. The maximum Gasteiger partial charge on any atom is 0.291 e. The van der Waals surface area contributed by atoms with Crippen LogP contribution in [0.2, 0.25) is 0 Å². The van der Waals surface area contributed by atoms with E-state index < -0.39 is 0 Å². The Kier molecular flexibility index (Phi) is 5.43. The number of para-hydroxylation sites is 1. The summed E-state index contributed by atoms with van der Waals surface area (Å²) in [5.41, 5.74) is 3.11. The summed E-state index contributed by atoms with van der Waals surface area (Å²) in [7, 11) is 0. The molecule has 2 aromatic carbocycles. The van der Waals surface area contributed by atoms with Crippen LogP contribution in [0.1, 0.15) is 16.2 Å². The van der Waals surface area contributed by atoms with E-state index in [1.807, 2.05) is 61.5 Å². The lowest BCUT2D eigenvalue weighted by molar-refractivity contribution is 0.0998. The molecule has 0 unspecified atom stereocenters. The second-order valence-corrected chi connectivity index (χ2v) is 7.60. The van der Waals surface area contributed by atoms with Gasteiger partial charge in [0.1, 0.15) is 11.4 Å². The number of anilines is 4. The maximum absolute atomic E-state index is 12.5. The van der Waals surface area contributed by atoms with Gasteiger partial charge in [0.25, 0.3) is 5.91 Å². The average molecular weight is 429 g/mol. The van der Waals surface area contributed by atoms with E-state index in [-0.39, 0.29) is 11.7 Å². The van der Waals surface area contributed by atoms with Crippen molar-refractivity contribution in [2.75, 3.05) is 41.8 Å². The van der Waals surface area contributed by atoms with E-state index in [4.69, 9.17) is 9.15 Å². The number of rotatable bonds is 5. The van der Waals surface area contributed by atoms with E-state index in [1.54, 1.807) is 6.07 Å². The normalized spacial score (nSPS) is 13.8. The Hall–Kier alpha value is -3.91. The highest BCUT2D eigenvalue weighted by molar-refractivity contribution is 6.04. The molecule has 32 heavy (non-hydrogen) atoms. The monoisotopic (exact) mass is 429 g/mol. The largest absolute Gasteiger partial charge is 0.451 e. The Bertz CT molecular complexity index is 1210. The number of hydrogen-bond donors (Lipinski definition) is 2. The molecular weight excluding hydrogens is 406 g/mol. The van der Waals surface area contributed by atoms with Crippen molar-refractivity contribution in [2.24, 2.45) is 0 Å². The minimum Gasteiger partial charge on any atom is -0.451 e. The smallest absolute Gasteiger partial charge is 0.291 e. The molecule has 1 aliphatic heterocycles. The van der Waals surface area contributed by atoms with Crippen LogP contribution in [0.5, 0.6) is 0 Å². The van der Waals surface area contributed by atoms with Gasteiger partial charge in [0, 0.05) is 41.6 Å². The third kappa shape index (κ3) is 4.40. The highest BCUT2D eigenvalue weighted by atomic mass is 16.5. The first-order valence-corrected chi connectivity index (χ1v) is 10.5. The van der Waals surface area contributed by atoms with E-state index in [1.165, 1.54) is 0 Å². The van der Waals surface area contributed by atoms with Crippen LogP contribution < -0.4 is 15.5 Å². The van der Waals surface area contributed by atoms with Gasteiger partial charge in [0.05, 0.1) is 13.2 Å². The van der Waals surface area contributed by atoms with Crippen molar-refractivity contribution >= 4 is 40.0 Å². The fourth-order valence-corrected chi connectivity index (χ4v) is 3.59. The number of nitrogens with zero attached hydrogens (tertiary/aromatic N) is 3. The first-order valence-electron chi connectivity index (χ1n) is 10.5. The summed E-state index contributed by atoms with van der Waals surface area (Å²) >= 11 is 0. The summed E-state index contributed by atoms with van der Waals surface area (Å²) in [6.07, 6.45) is 0. The molecule has 0 spiro atoms. The zero-order chi connectivity index (χ0) is 21.9. The third-order valence-electron chi connectivity index (χ3n) is 5.20. The molecule has 2 aromatic heterocycles. The van der Waals surface area contributed by atoms with Crippen molar-refractivity contribution in [1.29, 1.82) is 0 Å². The molecule has 162 valence electrons.